The van der Waals surface area contributed by atoms with E-state index in [1.165, 1.54) is 42.7 Å². The molecule has 1 heterocycles. The van der Waals surface area contributed by atoms with Gasteiger partial charge in [0.2, 0.25) is 0 Å². The predicted molar refractivity (Wildman–Crippen MR) is 61.4 cm³/mol. The average Bonchev–Trinajstić information content (AvgIpc) is 2.29. The van der Waals surface area contributed by atoms with Crippen molar-refractivity contribution in [1.29, 1.82) is 0 Å². The lowest BCUT2D eigenvalue weighted by molar-refractivity contribution is 0.600. The van der Waals surface area contributed by atoms with E-state index in [0.717, 1.165) is 6.07 Å². The zero-order valence-corrected chi connectivity index (χ0v) is 9.49. The number of aromatic nitrogens is 1. The van der Waals surface area contributed by atoms with Gasteiger partial charge in [-0.3, -0.25) is 9.71 Å². The first kappa shape index (κ1) is 11.5. The molecule has 0 aliphatic carbocycles. The smallest absolute Gasteiger partial charge is 0.263 e. The number of nitrogens with one attached hydrogen (secondary N) is 1. The molecule has 0 atom stereocenters. The highest BCUT2D eigenvalue weighted by molar-refractivity contribution is 7.92. The van der Waals surface area contributed by atoms with Gasteiger partial charge in [-0.15, -0.1) is 0 Å². The first-order chi connectivity index (χ1) is 8.08. The van der Waals surface area contributed by atoms with Crippen LogP contribution in [0, 0.1) is 5.82 Å². The zero-order chi connectivity index (χ0) is 12.3. The van der Waals surface area contributed by atoms with E-state index in [9.17, 15) is 12.8 Å². The lowest BCUT2D eigenvalue weighted by atomic mass is 10.3. The van der Waals surface area contributed by atoms with Crippen LogP contribution >= 0.6 is 0 Å². The molecule has 0 saturated heterocycles. The molecule has 0 radical (unpaired) electrons. The maximum absolute atomic E-state index is 12.9. The Bertz CT molecular complexity index is 614. The molecular formula is C11H9FN2O2S. The van der Waals surface area contributed by atoms with Gasteiger partial charge in [0.15, 0.2) is 0 Å². The van der Waals surface area contributed by atoms with E-state index in [2.05, 4.69) is 9.71 Å². The van der Waals surface area contributed by atoms with Gasteiger partial charge < -0.3 is 0 Å². The Morgan fingerprint density at radius 2 is 2.00 bits per heavy atom. The lowest BCUT2D eigenvalue weighted by Crippen LogP contribution is -2.13. The molecule has 17 heavy (non-hydrogen) atoms. The molecule has 4 nitrogen and oxygen atoms in total. The van der Waals surface area contributed by atoms with E-state index in [0.29, 0.717) is 0 Å². The predicted octanol–water partition coefficient (Wildman–Crippen LogP) is 2.02. The molecule has 1 aromatic heterocycles. The molecule has 0 aliphatic heterocycles. The van der Waals surface area contributed by atoms with E-state index in [1.54, 1.807) is 0 Å². The minimum absolute atomic E-state index is 0.0317. The second kappa shape index (κ2) is 4.50. The van der Waals surface area contributed by atoms with Crippen molar-refractivity contribution < 1.29 is 12.8 Å². The molecule has 0 saturated carbocycles. The molecule has 0 unspecified atom stereocenters. The molecule has 6 heteroatoms. The molecule has 2 aromatic rings. The van der Waals surface area contributed by atoms with Crippen LogP contribution in [0.1, 0.15) is 0 Å². The van der Waals surface area contributed by atoms with Gasteiger partial charge in [-0.05, 0) is 30.3 Å². The topological polar surface area (TPSA) is 59.1 Å². The Morgan fingerprint density at radius 1 is 1.18 bits per heavy atom. The van der Waals surface area contributed by atoms with Crippen molar-refractivity contribution in [1.82, 2.24) is 4.98 Å². The molecule has 1 aromatic carbocycles. The van der Waals surface area contributed by atoms with Gasteiger partial charge >= 0.3 is 0 Å². The van der Waals surface area contributed by atoms with E-state index in [4.69, 9.17) is 0 Å². The van der Waals surface area contributed by atoms with Crippen molar-refractivity contribution in [2.24, 2.45) is 0 Å². The summed E-state index contributed by atoms with van der Waals surface area (Å²) in [6.45, 7) is 0. The molecular weight excluding hydrogens is 243 g/mol. The normalized spacial score (nSPS) is 11.1. The number of nitrogens with zero attached hydrogens (tertiary/aromatic N) is 1. The standard InChI is InChI=1S/C11H9FN2O2S/c12-9-3-1-4-10(7-9)14-17(15,16)11-5-2-6-13-8-11/h1-8,14H. The van der Waals surface area contributed by atoms with Crippen LogP contribution in [-0.2, 0) is 10.0 Å². The summed E-state index contributed by atoms with van der Waals surface area (Å²) in [6.07, 6.45) is 2.70. The number of hydrogen-bond donors (Lipinski definition) is 1. The number of anilines is 1. The monoisotopic (exact) mass is 252 g/mol. The van der Waals surface area contributed by atoms with Crippen molar-refractivity contribution in [2.45, 2.75) is 4.90 Å². The first-order valence-electron chi connectivity index (χ1n) is 4.76. The van der Waals surface area contributed by atoms with Gasteiger partial charge in [0, 0.05) is 12.4 Å². The van der Waals surface area contributed by atoms with Crippen molar-refractivity contribution in [3.05, 3.63) is 54.6 Å². The van der Waals surface area contributed by atoms with Crippen LogP contribution in [-0.4, -0.2) is 13.4 Å². The molecule has 0 fully saturated rings. The van der Waals surface area contributed by atoms with Crippen LogP contribution in [0.15, 0.2) is 53.7 Å². The molecule has 88 valence electrons. The molecule has 0 amide bonds. The third-order valence-electron chi connectivity index (χ3n) is 2.02. The zero-order valence-electron chi connectivity index (χ0n) is 8.67. The SMILES string of the molecule is O=S(=O)(Nc1cccc(F)c1)c1cccnc1. The Kier molecular flexibility index (Phi) is 3.06. The number of sulfonamides is 1. The molecule has 0 bridgehead atoms. The molecule has 0 aliphatic rings. The maximum Gasteiger partial charge on any atom is 0.263 e. The number of halogens is 1. The summed E-state index contributed by atoms with van der Waals surface area (Å²) in [5, 5.41) is 0. The summed E-state index contributed by atoms with van der Waals surface area (Å²) >= 11 is 0. The highest BCUT2D eigenvalue weighted by atomic mass is 32.2. The minimum atomic E-state index is -3.71. The van der Waals surface area contributed by atoms with Crippen molar-refractivity contribution in [3.63, 3.8) is 0 Å². The Balaban J connectivity index is 2.30. The minimum Gasteiger partial charge on any atom is -0.279 e. The van der Waals surface area contributed by atoms with Crippen molar-refractivity contribution >= 4 is 15.7 Å². The Morgan fingerprint density at radius 3 is 2.65 bits per heavy atom. The van der Waals surface area contributed by atoms with Gasteiger partial charge in [-0.25, -0.2) is 12.8 Å². The highest BCUT2D eigenvalue weighted by Gasteiger charge is 2.13. The van der Waals surface area contributed by atoms with Crippen LogP contribution in [0.5, 0.6) is 0 Å². The number of hydrogen-bond acceptors (Lipinski definition) is 3. The van der Waals surface area contributed by atoms with Gasteiger partial charge in [0.05, 0.1) is 5.69 Å². The largest absolute Gasteiger partial charge is 0.279 e. The fourth-order valence-electron chi connectivity index (χ4n) is 1.27. The Hall–Kier alpha value is -1.95. The second-order valence-corrected chi connectivity index (χ2v) is 4.99. The summed E-state index contributed by atoms with van der Waals surface area (Å²) < 4.78 is 38.8. The van der Waals surface area contributed by atoms with Crippen molar-refractivity contribution in [3.8, 4) is 0 Å². The fraction of sp³-hybridized carbons (Fsp3) is 0. The second-order valence-electron chi connectivity index (χ2n) is 3.30. The van der Waals surface area contributed by atoms with E-state index in [-0.39, 0.29) is 10.6 Å². The highest BCUT2D eigenvalue weighted by Crippen LogP contribution is 2.15. The van der Waals surface area contributed by atoms with Crippen LogP contribution in [0.25, 0.3) is 0 Å². The summed E-state index contributed by atoms with van der Waals surface area (Å²) in [4.78, 5) is 3.75. The van der Waals surface area contributed by atoms with Gasteiger partial charge in [0.1, 0.15) is 10.7 Å². The summed E-state index contributed by atoms with van der Waals surface area (Å²) in [6, 6.07) is 8.16. The number of benzene rings is 1. The van der Waals surface area contributed by atoms with E-state index in [1.807, 2.05) is 0 Å². The van der Waals surface area contributed by atoms with Crippen molar-refractivity contribution in [2.75, 3.05) is 4.72 Å². The lowest BCUT2D eigenvalue weighted by Gasteiger charge is -2.07. The molecule has 0 spiro atoms. The third-order valence-corrected chi connectivity index (χ3v) is 3.39. The Labute approximate surface area is 98.2 Å². The van der Waals surface area contributed by atoms with Gasteiger partial charge in [-0.2, -0.15) is 0 Å². The van der Waals surface area contributed by atoms with Crippen LogP contribution < -0.4 is 4.72 Å². The summed E-state index contributed by atoms with van der Waals surface area (Å²) in [5.74, 6) is -0.503. The van der Waals surface area contributed by atoms with E-state index < -0.39 is 15.8 Å². The quantitative estimate of drug-likeness (QED) is 0.909. The summed E-state index contributed by atoms with van der Waals surface area (Å²) in [7, 11) is -3.71. The van der Waals surface area contributed by atoms with Gasteiger partial charge in [0.25, 0.3) is 10.0 Å². The van der Waals surface area contributed by atoms with Crippen LogP contribution in [0.4, 0.5) is 10.1 Å². The summed E-state index contributed by atoms with van der Waals surface area (Å²) in [5.41, 5.74) is 0.175. The van der Waals surface area contributed by atoms with Gasteiger partial charge in [-0.1, -0.05) is 6.07 Å². The number of rotatable bonds is 3. The van der Waals surface area contributed by atoms with Crippen LogP contribution in [0.2, 0.25) is 0 Å². The van der Waals surface area contributed by atoms with Crippen LogP contribution in [0.3, 0.4) is 0 Å². The third kappa shape index (κ3) is 2.79. The van der Waals surface area contributed by atoms with E-state index >= 15 is 0 Å². The average molecular weight is 252 g/mol. The molecule has 1 N–H and O–H groups in total. The fourth-order valence-corrected chi connectivity index (χ4v) is 2.28. The maximum atomic E-state index is 12.9. The molecule has 2 rings (SSSR count). The number of pyridine rings is 1. The first-order valence-corrected chi connectivity index (χ1v) is 6.25.